The van der Waals surface area contributed by atoms with Crippen molar-refractivity contribution in [3.63, 3.8) is 0 Å². The SMILES string of the molecule is [2H]C([2H])([2H])[Si]1(C([2H])([2H])[2H])c2ccccc2Sc2c(-c3cc(C[Si](c4ccccc4)(c4ccccc4)c4cccc5c4Sc4ccccc4[Si]5(C([2H])([2H])[2H])C([2H])([2H])[2H])ccc3C(C)(C)C)cccc21. The minimum Gasteiger partial charge on any atom is -0.0904 e. The molecule has 0 N–H and O–H groups in total. The number of hydrogen-bond acceptors (Lipinski definition) is 2. The van der Waals surface area contributed by atoms with Crippen LogP contribution in [0.1, 0.15) is 48.3 Å². The Morgan fingerprint density at radius 3 is 1.57 bits per heavy atom. The summed E-state index contributed by atoms with van der Waals surface area (Å²) in [5, 5.41) is 4.63. The third-order valence-corrected chi connectivity index (χ3v) is 24.7. The molecule has 0 fully saturated rings. The van der Waals surface area contributed by atoms with Gasteiger partial charge in [-0.25, -0.2) is 0 Å². The van der Waals surface area contributed by atoms with Crippen molar-refractivity contribution in [3.05, 3.63) is 175 Å². The van der Waals surface area contributed by atoms with Crippen LogP contribution >= 0.6 is 23.5 Å². The number of fused-ring (bicyclic) bond motifs is 4. The van der Waals surface area contributed by atoms with Gasteiger partial charge in [0.1, 0.15) is 16.1 Å². The first-order valence-electron chi connectivity index (χ1n) is 25.0. The van der Waals surface area contributed by atoms with Crippen LogP contribution in [0.5, 0.6) is 0 Å². The third kappa shape index (κ3) is 6.09. The molecule has 7 aromatic rings. The van der Waals surface area contributed by atoms with Crippen LogP contribution in [-0.2, 0) is 11.5 Å². The van der Waals surface area contributed by atoms with E-state index in [0.717, 1.165) is 37.8 Å². The molecule has 0 bridgehead atoms. The zero-order valence-corrected chi connectivity index (χ0v) is 36.2. The minimum atomic E-state index is -4.57. The monoisotopic (exact) mass is 822 g/mol. The Kier molecular flexibility index (Phi) is 6.53. The molecule has 0 spiro atoms. The molecule has 0 saturated heterocycles. The van der Waals surface area contributed by atoms with E-state index in [2.05, 4.69) is 69.3 Å². The predicted octanol–water partition coefficient (Wildman–Crippen LogP) is 9.48. The fourth-order valence-electron chi connectivity index (χ4n) is 8.78. The highest BCUT2D eigenvalue weighted by Gasteiger charge is 2.45. The minimum absolute atomic E-state index is 0.380. The molecule has 0 saturated carbocycles. The molecule has 7 aromatic carbocycles. The second-order valence-electron chi connectivity index (χ2n) is 16.0. The van der Waals surface area contributed by atoms with Gasteiger partial charge >= 0.3 is 0 Å². The molecular formula is C51H50S2Si3. The maximum atomic E-state index is 9.18. The van der Waals surface area contributed by atoms with Crippen LogP contribution in [-0.4, -0.2) is 24.2 Å². The van der Waals surface area contributed by atoms with Gasteiger partial charge in [0.2, 0.25) is 0 Å². The van der Waals surface area contributed by atoms with Crippen molar-refractivity contribution in [3.8, 4) is 11.1 Å². The summed E-state index contributed by atoms with van der Waals surface area (Å²) in [6.07, 6.45) is 0. The fourth-order valence-corrected chi connectivity index (χ4v) is 22.6. The summed E-state index contributed by atoms with van der Waals surface area (Å²) in [5.74, 6) is 0. The maximum absolute atomic E-state index is 9.18. The smallest absolute Gasteiger partial charge is 0.0904 e. The van der Waals surface area contributed by atoms with Gasteiger partial charge in [-0.2, -0.15) is 0 Å². The van der Waals surface area contributed by atoms with Crippen molar-refractivity contribution >= 4 is 84.1 Å². The van der Waals surface area contributed by atoms with Crippen LogP contribution < -0.4 is 36.3 Å². The van der Waals surface area contributed by atoms with E-state index in [1.807, 2.05) is 78.9 Å². The molecule has 0 amide bonds. The van der Waals surface area contributed by atoms with Crippen molar-refractivity contribution in [2.75, 3.05) is 0 Å². The van der Waals surface area contributed by atoms with Crippen LogP contribution in [0.15, 0.2) is 183 Å². The van der Waals surface area contributed by atoms with Crippen molar-refractivity contribution in [2.45, 2.75) is 77.7 Å². The molecule has 2 aliphatic rings. The molecule has 9 rings (SSSR count). The molecule has 5 heteroatoms. The van der Waals surface area contributed by atoms with E-state index in [1.54, 1.807) is 36.4 Å². The van der Waals surface area contributed by atoms with Gasteiger partial charge in [0.15, 0.2) is 8.07 Å². The lowest BCUT2D eigenvalue weighted by Gasteiger charge is -2.40. The van der Waals surface area contributed by atoms with Gasteiger partial charge in [0.05, 0.1) is 0 Å². The number of hydrogen-bond donors (Lipinski definition) is 0. The standard InChI is InChI=1S/C51H50S2Si3/c1-51(2,3)41-33-32-36(34-40(41)39-24-18-29-46-49(39)52-42-25-14-16-27-44(42)54(46,4)5)35-56(37-20-10-8-11-21-37,38-22-12-9-13-23-38)48-31-19-30-47-50(48)53-43-26-15-17-28-45(43)55(47,6)7/h8-34H,35H2,1-7H3/i4D3,5D3,6D3,7D3. The Morgan fingerprint density at radius 1 is 0.500 bits per heavy atom. The van der Waals surface area contributed by atoms with E-state index in [1.165, 1.54) is 23.5 Å². The molecule has 0 nitrogen and oxygen atoms in total. The number of benzene rings is 7. The van der Waals surface area contributed by atoms with Crippen LogP contribution in [0.4, 0.5) is 0 Å². The average Bonchev–Trinajstić information content (AvgIpc) is 3.27. The Hall–Kier alpha value is -4.11. The van der Waals surface area contributed by atoms with Crippen LogP contribution in [0.2, 0.25) is 25.9 Å². The summed E-state index contributed by atoms with van der Waals surface area (Å²) >= 11 is 2.90. The first-order valence-corrected chi connectivity index (χ1v) is 26.8. The van der Waals surface area contributed by atoms with Gasteiger partial charge in [-0.3, -0.25) is 0 Å². The highest BCUT2D eigenvalue weighted by atomic mass is 32.2. The topological polar surface area (TPSA) is 0 Å². The molecule has 0 unspecified atom stereocenters. The predicted molar refractivity (Wildman–Crippen MR) is 253 cm³/mol. The Bertz CT molecular complexity index is 2980. The van der Waals surface area contributed by atoms with Gasteiger partial charge in [0.25, 0.3) is 0 Å². The zero-order chi connectivity index (χ0) is 48.9. The van der Waals surface area contributed by atoms with E-state index in [4.69, 9.17) is 8.22 Å². The fraction of sp³-hybridized carbons (Fsp3) is 0.176. The van der Waals surface area contributed by atoms with Crippen molar-refractivity contribution < 1.29 is 16.4 Å². The molecule has 2 aliphatic heterocycles. The van der Waals surface area contributed by atoms with Gasteiger partial charge < -0.3 is 0 Å². The van der Waals surface area contributed by atoms with E-state index < -0.39 is 55.5 Å². The Balaban J connectivity index is 1.35. The number of rotatable bonds is 6. The normalized spacial score (nSPS) is 19.3. The lowest BCUT2D eigenvalue weighted by molar-refractivity contribution is 0.591. The molecule has 0 atom stereocenters. The Labute approximate surface area is 362 Å². The van der Waals surface area contributed by atoms with E-state index in [0.29, 0.717) is 46.4 Å². The second-order valence-corrected chi connectivity index (χ2v) is 27.1. The quantitative estimate of drug-likeness (QED) is 0.121. The average molecular weight is 823 g/mol. The van der Waals surface area contributed by atoms with E-state index in [9.17, 15) is 8.22 Å². The van der Waals surface area contributed by atoms with Crippen molar-refractivity contribution in [1.82, 2.24) is 0 Å². The molecule has 2 heterocycles. The second kappa shape index (κ2) is 14.1. The van der Waals surface area contributed by atoms with Gasteiger partial charge in [-0.05, 0) is 82.2 Å². The van der Waals surface area contributed by atoms with Crippen LogP contribution in [0, 0.1) is 0 Å². The van der Waals surface area contributed by atoms with Crippen molar-refractivity contribution in [1.29, 1.82) is 0 Å². The van der Waals surface area contributed by atoms with Gasteiger partial charge in [0, 0.05) is 36.0 Å². The Morgan fingerprint density at radius 2 is 1.00 bits per heavy atom. The van der Waals surface area contributed by atoms with Gasteiger partial charge in [-0.1, -0.05) is 222 Å². The maximum Gasteiger partial charge on any atom is 0.153 e. The summed E-state index contributed by atoms with van der Waals surface area (Å²) in [4.78, 5) is 2.62. The summed E-state index contributed by atoms with van der Waals surface area (Å²) in [6.45, 7) is -4.84. The molecule has 56 heavy (non-hydrogen) atoms. The molecule has 0 radical (unpaired) electrons. The lowest BCUT2D eigenvalue weighted by atomic mass is 9.81. The first-order chi connectivity index (χ1) is 31.9. The summed E-state index contributed by atoms with van der Waals surface area (Å²) in [5.41, 5.74) is 3.21. The molecule has 0 aromatic heterocycles. The summed E-state index contributed by atoms with van der Waals surface area (Å²) in [7, 11) is -12.5. The van der Waals surface area contributed by atoms with Gasteiger partial charge in [-0.15, -0.1) is 0 Å². The van der Waals surface area contributed by atoms with Crippen LogP contribution in [0.25, 0.3) is 11.1 Å². The van der Waals surface area contributed by atoms with E-state index >= 15 is 0 Å². The van der Waals surface area contributed by atoms with Crippen LogP contribution in [0.3, 0.4) is 0 Å². The highest BCUT2D eigenvalue weighted by molar-refractivity contribution is 8.00. The highest BCUT2D eigenvalue weighted by Crippen LogP contribution is 2.43. The third-order valence-electron chi connectivity index (χ3n) is 11.5. The largest absolute Gasteiger partial charge is 0.153 e. The van der Waals surface area contributed by atoms with Crippen molar-refractivity contribution in [2.24, 2.45) is 0 Å². The summed E-state index contributed by atoms with van der Waals surface area (Å²) in [6, 6.07) is 53.1. The summed E-state index contributed by atoms with van der Waals surface area (Å²) < 4.78 is 109. The zero-order valence-electron chi connectivity index (χ0n) is 43.6. The first kappa shape index (κ1) is 26.0. The van der Waals surface area contributed by atoms with E-state index in [-0.39, 0.29) is 0 Å². The molecular weight excluding hydrogens is 761 g/mol. The molecule has 0 aliphatic carbocycles. The molecule has 278 valence electrons. The lowest BCUT2D eigenvalue weighted by Crippen LogP contribution is -2.71.